The van der Waals surface area contributed by atoms with E-state index in [9.17, 15) is 14.7 Å². The van der Waals surface area contributed by atoms with Crippen molar-refractivity contribution in [2.45, 2.75) is 51.2 Å². The molecule has 7 nitrogen and oxygen atoms in total. The average Bonchev–Trinajstić information content (AvgIpc) is 3.54. The number of nitrogens with one attached hydrogen (secondary N) is 1. The van der Waals surface area contributed by atoms with Gasteiger partial charge in [-0.25, -0.2) is 9.59 Å². The van der Waals surface area contributed by atoms with E-state index in [1.807, 2.05) is 31.2 Å². The van der Waals surface area contributed by atoms with Gasteiger partial charge in [-0.05, 0) is 75.3 Å². The number of nitrogens with zero attached hydrogens (tertiary/aromatic N) is 1. The van der Waals surface area contributed by atoms with Crippen LogP contribution in [-0.2, 0) is 4.74 Å². The van der Waals surface area contributed by atoms with Crippen LogP contribution in [0.2, 0.25) is 0 Å². The maximum Gasteiger partial charge on any atom is 0.411 e. The van der Waals surface area contributed by atoms with Crippen molar-refractivity contribution in [3.8, 4) is 11.3 Å². The van der Waals surface area contributed by atoms with Gasteiger partial charge in [-0.1, -0.05) is 12.1 Å². The van der Waals surface area contributed by atoms with Crippen molar-refractivity contribution in [2.75, 3.05) is 11.1 Å². The molecule has 0 aliphatic heterocycles. The Hall–Kier alpha value is -3.48. The minimum absolute atomic E-state index is 0.0667. The summed E-state index contributed by atoms with van der Waals surface area (Å²) in [6, 6.07) is 12.9. The summed E-state index contributed by atoms with van der Waals surface area (Å²) < 4.78 is 7.62. The number of benzene rings is 2. The van der Waals surface area contributed by atoms with Gasteiger partial charge in [0.15, 0.2) is 0 Å². The van der Waals surface area contributed by atoms with Crippen LogP contribution in [0.5, 0.6) is 0 Å². The zero-order valence-corrected chi connectivity index (χ0v) is 18.0. The van der Waals surface area contributed by atoms with Gasteiger partial charge in [-0.15, -0.1) is 0 Å². The summed E-state index contributed by atoms with van der Waals surface area (Å²) in [7, 11) is 0. The molecule has 32 heavy (non-hydrogen) atoms. The quantitative estimate of drug-likeness (QED) is 0.465. The lowest BCUT2D eigenvalue weighted by Gasteiger charge is -2.30. The van der Waals surface area contributed by atoms with Gasteiger partial charge in [0.05, 0.1) is 22.5 Å². The highest BCUT2D eigenvalue weighted by atomic mass is 16.6. The lowest BCUT2D eigenvalue weighted by atomic mass is 9.92. The Morgan fingerprint density at radius 2 is 1.84 bits per heavy atom. The normalized spacial score (nSPS) is 17.0. The Kier molecular flexibility index (Phi) is 5.04. The Balaban J connectivity index is 1.46. The number of nitrogen functional groups attached to an aromatic ring is 1. The number of rotatable bonds is 6. The number of hydrogen-bond donors (Lipinski definition) is 3. The minimum Gasteiger partial charge on any atom is -0.478 e. The van der Waals surface area contributed by atoms with Crippen molar-refractivity contribution < 1.29 is 19.4 Å². The first-order valence-electron chi connectivity index (χ1n) is 11.2. The molecular formula is C25H27N3O4. The number of carbonyl (C=O) groups is 2. The van der Waals surface area contributed by atoms with Gasteiger partial charge in [0.2, 0.25) is 0 Å². The van der Waals surface area contributed by atoms with E-state index in [-0.39, 0.29) is 11.7 Å². The fourth-order valence-electron chi connectivity index (χ4n) is 4.48. The molecule has 1 heterocycles. The molecule has 166 valence electrons. The van der Waals surface area contributed by atoms with Crippen LogP contribution in [0.1, 0.15) is 55.4 Å². The molecule has 2 aromatic carbocycles. The molecule has 1 amide bonds. The topological polar surface area (TPSA) is 107 Å². The van der Waals surface area contributed by atoms with Crippen LogP contribution in [-0.4, -0.2) is 27.8 Å². The maximum absolute atomic E-state index is 12.2. The van der Waals surface area contributed by atoms with E-state index in [2.05, 4.69) is 9.88 Å². The highest BCUT2D eigenvalue weighted by Gasteiger charge is 2.31. The molecule has 0 saturated heterocycles. The zero-order valence-electron chi connectivity index (χ0n) is 18.0. The lowest BCUT2D eigenvalue weighted by molar-refractivity contribution is 0.0696. The van der Waals surface area contributed by atoms with Crippen LogP contribution in [0.3, 0.4) is 0 Å². The molecule has 1 aromatic heterocycles. The van der Waals surface area contributed by atoms with Gasteiger partial charge in [-0.2, -0.15) is 0 Å². The number of aromatic carboxylic acids is 1. The van der Waals surface area contributed by atoms with Crippen molar-refractivity contribution in [1.29, 1.82) is 0 Å². The molecule has 2 fully saturated rings. The third-order valence-corrected chi connectivity index (χ3v) is 6.71. The summed E-state index contributed by atoms with van der Waals surface area (Å²) >= 11 is 0. The lowest BCUT2D eigenvalue weighted by Crippen LogP contribution is -2.21. The molecule has 1 atom stereocenters. The highest BCUT2D eigenvalue weighted by molar-refractivity contribution is 6.04. The second-order valence-corrected chi connectivity index (χ2v) is 8.90. The molecule has 7 heteroatoms. The second kappa shape index (κ2) is 7.89. The van der Waals surface area contributed by atoms with E-state index in [0.29, 0.717) is 23.3 Å². The number of carboxylic acid groups (broad SMARTS) is 1. The second-order valence-electron chi connectivity index (χ2n) is 8.90. The first-order valence-corrected chi connectivity index (χ1v) is 11.2. The van der Waals surface area contributed by atoms with Crippen LogP contribution in [0.4, 0.5) is 16.2 Å². The zero-order chi connectivity index (χ0) is 22.4. The molecule has 3 aromatic rings. The van der Waals surface area contributed by atoms with Gasteiger partial charge < -0.3 is 20.1 Å². The third-order valence-electron chi connectivity index (χ3n) is 6.71. The van der Waals surface area contributed by atoms with Gasteiger partial charge in [0.25, 0.3) is 0 Å². The average molecular weight is 434 g/mol. The van der Waals surface area contributed by atoms with Crippen LogP contribution < -0.4 is 11.1 Å². The number of ether oxygens (including phenoxy) is 1. The van der Waals surface area contributed by atoms with Crippen LogP contribution in [0.25, 0.3) is 22.2 Å². The van der Waals surface area contributed by atoms with E-state index >= 15 is 0 Å². The molecule has 2 aliphatic rings. The number of aromatic nitrogens is 1. The molecular weight excluding hydrogens is 406 g/mol. The van der Waals surface area contributed by atoms with Crippen molar-refractivity contribution in [3.05, 3.63) is 48.0 Å². The van der Waals surface area contributed by atoms with Gasteiger partial charge in [-0.3, -0.25) is 5.32 Å². The Morgan fingerprint density at radius 3 is 2.44 bits per heavy atom. The molecule has 0 spiro atoms. The van der Waals surface area contributed by atoms with Crippen LogP contribution in [0.15, 0.2) is 42.5 Å². The fourth-order valence-corrected chi connectivity index (χ4v) is 4.48. The van der Waals surface area contributed by atoms with E-state index in [1.54, 1.807) is 18.2 Å². The summed E-state index contributed by atoms with van der Waals surface area (Å²) in [5, 5.41) is 13.1. The standard InChI is InChI=1S/C25H27N3O4/c1-14(15-5-6-15)32-25(31)27-18-10-7-16(8-11-18)23-22(26)20-12-9-17(24(29)30)13-21(20)28(23)19-3-2-4-19/h7-15,19H,2-6,26H2,1H3,(H,27,31)(H,29,30)/t14-/m1/s1. The number of carboxylic acids is 1. The van der Waals surface area contributed by atoms with Crippen LogP contribution in [0, 0.1) is 5.92 Å². The predicted octanol–water partition coefficient (Wildman–Crippen LogP) is 5.66. The van der Waals surface area contributed by atoms with E-state index < -0.39 is 12.1 Å². The predicted molar refractivity (Wildman–Crippen MR) is 124 cm³/mol. The largest absolute Gasteiger partial charge is 0.478 e. The van der Waals surface area contributed by atoms with Gasteiger partial charge in [0.1, 0.15) is 6.10 Å². The number of hydrogen-bond acceptors (Lipinski definition) is 4. The SMILES string of the molecule is C[C@@H](OC(=O)Nc1ccc(-c2c(N)c3ccc(C(=O)O)cc3n2C2CCC2)cc1)C1CC1. The van der Waals surface area contributed by atoms with Crippen molar-refractivity contribution in [1.82, 2.24) is 4.57 Å². The highest BCUT2D eigenvalue weighted by Crippen LogP contribution is 2.44. The number of fused-ring (bicyclic) bond motifs is 1. The molecule has 0 unspecified atom stereocenters. The first-order chi connectivity index (χ1) is 15.4. The number of nitrogens with two attached hydrogens (primary N) is 1. The number of amides is 1. The minimum atomic E-state index is -0.952. The molecule has 5 rings (SSSR count). The first kappa shape index (κ1) is 20.4. The summed E-state index contributed by atoms with van der Waals surface area (Å²) in [6.45, 7) is 1.93. The molecule has 0 radical (unpaired) electrons. The summed E-state index contributed by atoms with van der Waals surface area (Å²) in [6.07, 6.45) is 4.95. The third kappa shape index (κ3) is 3.68. The van der Waals surface area contributed by atoms with Gasteiger partial charge in [0, 0.05) is 22.7 Å². The van der Waals surface area contributed by atoms with Crippen molar-refractivity contribution in [2.24, 2.45) is 5.92 Å². The summed E-state index contributed by atoms with van der Waals surface area (Å²) in [4.78, 5) is 23.7. The molecule has 2 aliphatic carbocycles. The monoisotopic (exact) mass is 433 g/mol. The summed E-state index contributed by atoms with van der Waals surface area (Å²) in [5.41, 5.74) is 10.8. The maximum atomic E-state index is 12.2. The number of carbonyl (C=O) groups excluding carboxylic acids is 1. The number of anilines is 2. The molecule has 4 N–H and O–H groups in total. The Labute approximate surface area is 186 Å². The summed E-state index contributed by atoms with van der Waals surface area (Å²) in [5.74, 6) is -0.465. The van der Waals surface area contributed by atoms with E-state index in [0.717, 1.165) is 54.3 Å². The van der Waals surface area contributed by atoms with Crippen molar-refractivity contribution >= 4 is 34.3 Å². The Bertz CT molecular complexity index is 1190. The van der Waals surface area contributed by atoms with E-state index in [1.165, 1.54) is 0 Å². The van der Waals surface area contributed by atoms with E-state index in [4.69, 9.17) is 10.5 Å². The fraction of sp³-hybridized carbons (Fsp3) is 0.360. The molecule has 2 saturated carbocycles. The van der Waals surface area contributed by atoms with Gasteiger partial charge >= 0.3 is 12.1 Å². The molecule has 0 bridgehead atoms. The van der Waals surface area contributed by atoms with Crippen LogP contribution >= 0.6 is 0 Å². The smallest absolute Gasteiger partial charge is 0.411 e. The Morgan fingerprint density at radius 1 is 1.12 bits per heavy atom. The van der Waals surface area contributed by atoms with Crippen molar-refractivity contribution in [3.63, 3.8) is 0 Å².